The fraction of sp³-hybridized carbons (Fsp3) is 0.615. The van der Waals surface area contributed by atoms with Crippen LogP contribution in [0.3, 0.4) is 0 Å². The third kappa shape index (κ3) is 4.06. The first kappa shape index (κ1) is 14.1. The normalized spacial score (nSPS) is 19.3. The molecule has 1 aromatic heterocycles. The van der Waals surface area contributed by atoms with Crippen molar-refractivity contribution in [3.8, 4) is 6.01 Å². The van der Waals surface area contributed by atoms with Crippen LogP contribution in [0, 0.1) is 0 Å². The number of hydrogen-bond donors (Lipinski definition) is 0. The van der Waals surface area contributed by atoms with Crippen molar-refractivity contribution in [2.75, 3.05) is 13.1 Å². The van der Waals surface area contributed by atoms with Crippen molar-refractivity contribution in [3.63, 3.8) is 0 Å². The number of aromatic nitrogens is 2. The second-order valence-corrected chi connectivity index (χ2v) is 5.09. The number of piperidine rings is 1. The molecule has 0 aromatic carbocycles. The van der Waals surface area contributed by atoms with E-state index >= 15 is 0 Å². The molecule has 1 aliphatic rings. The standard InChI is InChI=1S/C13H18ClN3O2/c1-2-4-12(18)17-6-3-5-11(9-17)19-13-15-7-10(14)8-16-13/h7-8,11H,2-6,9H2,1H3. The van der Waals surface area contributed by atoms with Crippen LogP contribution in [0.15, 0.2) is 12.4 Å². The molecule has 1 aliphatic heterocycles. The van der Waals surface area contributed by atoms with E-state index in [9.17, 15) is 4.79 Å². The highest BCUT2D eigenvalue weighted by Crippen LogP contribution is 2.17. The van der Waals surface area contributed by atoms with Gasteiger partial charge in [0.15, 0.2) is 0 Å². The largest absolute Gasteiger partial charge is 0.458 e. The summed E-state index contributed by atoms with van der Waals surface area (Å²) in [6, 6.07) is 0.319. The maximum Gasteiger partial charge on any atom is 0.316 e. The van der Waals surface area contributed by atoms with Crippen LogP contribution in [0.25, 0.3) is 0 Å². The number of likely N-dealkylation sites (tertiary alicyclic amines) is 1. The molecule has 1 aromatic rings. The van der Waals surface area contributed by atoms with Gasteiger partial charge in [0.05, 0.1) is 24.0 Å². The first-order valence-electron chi connectivity index (χ1n) is 6.61. The van der Waals surface area contributed by atoms with Gasteiger partial charge in [-0.15, -0.1) is 0 Å². The zero-order chi connectivity index (χ0) is 13.7. The topological polar surface area (TPSA) is 55.3 Å². The highest BCUT2D eigenvalue weighted by Gasteiger charge is 2.24. The zero-order valence-corrected chi connectivity index (χ0v) is 11.8. The van der Waals surface area contributed by atoms with E-state index in [0.29, 0.717) is 24.0 Å². The van der Waals surface area contributed by atoms with Crippen molar-refractivity contribution < 1.29 is 9.53 Å². The molecule has 1 amide bonds. The minimum absolute atomic E-state index is 0.0317. The van der Waals surface area contributed by atoms with Crippen LogP contribution in [0.2, 0.25) is 5.02 Å². The first-order chi connectivity index (χ1) is 9.19. The van der Waals surface area contributed by atoms with E-state index in [1.165, 1.54) is 12.4 Å². The molecule has 5 nitrogen and oxygen atoms in total. The minimum Gasteiger partial charge on any atom is -0.458 e. The molecule has 1 fully saturated rings. The monoisotopic (exact) mass is 283 g/mol. The second-order valence-electron chi connectivity index (χ2n) is 4.66. The number of carbonyl (C=O) groups excluding carboxylic acids is 1. The van der Waals surface area contributed by atoms with Gasteiger partial charge in [-0.1, -0.05) is 18.5 Å². The predicted molar refractivity (Wildman–Crippen MR) is 72.2 cm³/mol. The molecule has 0 spiro atoms. The lowest BCUT2D eigenvalue weighted by Crippen LogP contribution is -2.44. The van der Waals surface area contributed by atoms with Crippen molar-refractivity contribution in [3.05, 3.63) is 17.4 Å². The molecule has 1 unspecified atom stereocenters. The summed E-state index contributed by atoms with van der Waals surface area (Å²) in [5, 5.41) is 0.482. The molecule has 0 N–H and O–H groups in total. The van der Waals surface area contributed by atoms with Gasteiger partial charge in [-0.05, 0) is 19.3 Å². The first-order valence-corrected chi connectivity index (χ1v) is 6.99. The van der Waals surface area contributed by atoms with Crippen molar-refractivity contribution in [2.24, 2.45) is 0 Å². The van der Waals surface area contributed by atoms with E-state index in [0.717, 1.165) is 25.8 Å². The van der Waals surface area contributed by atoms with Crippen molar-refractivity contribution in [1.82, 2.24) is 14.9 Å². The lowest BCUT2D eigenvalue weighted by Gasteiger charge is -2.32. The van der Waals surface area contributed by atoms with E-state index in [-0.39, 0.29) is 12.0 Å². The number of carbonyl (C=O) groups is 1. The van der Waals surface area contributed by atoms with Gasteiger partial charge >= 0.3 is 6.01 Å². The van der Waals surface area contributed by atoms with Gasteiger partial charge in [0.2, 0.25) is 5.91 Å². The van der Waals surface area contributed by atoms with Gasteiger partial charge in [0, 0.05) is 13.0 Å². The van der Waals surface area contributed by atoms with Crippen molar-refractivity contribution in [1.29, 1.82) is 0 Å². The number of amides is 1. The summed E-state index contributed by atoms with van der Waals surface area (Å²) in [4.78, 5) is 21.8. The van der Waals surface area contributed by atoms with Gasteiger partial charge in [-0.2, -0.15) is 0 Å². The highest BCUT2D eigenvalue weighted by atomic mass is 35.5. The Kier molecular flexibility index (Phi) is 4.96. The van der Waals surface area contributed by atoms with E-state index in [4.69, 9.17) is 16.3 Å². The van der Waals surface area contributed by atoms with Crippen LogP contribution < -0.4 is 4.74 Å². The van der Waals surface area contributed by atoms with Crippen molar-refractivity contribution >= 4 is 17.5 Å². The number of nitrogens with zero attached hydrogens (tertiary/aromatic N) is 3. The summed E-state index contributed by atoms with van der Waals surface area (Å²) >= 11 is 5.72. The molecule has 0 radical (unpaired) electrons. The lowest BCUT2D eigenvalue weighted by atomic mass is 10.1. The van der Waals surface area contributed by atoms with E-state index in [2.05, 4.69) is 9.97 Å². The molecule has 0 saturated carbocycles. The Morgan fingerprint density at radius 3 is 2.95 bits per heavy atom. The van der Waals surface area contributed by atoms with E-state index in [1.54, 1.807) is 0 Å². The quantitative estimate of drug-likeness (QED) is 0.851. The molecule has 2 heterocycles. The summed E-state index contributed by atoms with van der Waals surface area (Å²) in [5.41, 5.74) is 0. The Hall–Kier alpha value is -1.36. The minimum atomic E-state index is -0.0317. The van der Waals surface area contributed by atoms with Crippen LogP contribution in [0.4, 0.5) is 0 Å². The maximum atomic E-state index is 11.9. The van der Waals surface area contributed by atoms with Crippen molar-refractivity contribution in [2.45, 2.75) is 38.7 Å². The molecule has 19 heavy (non-hydrogen) atoms. The fourth-order valence-corrected chi connectivity index (χ4v) is 2.24. The van der Waals surface area contributed by atoms with E-state index < -0.39 is 0 Å². The average molecular weight is 284 g/mol. The Labute approximate surface area is 117 Å². The number of hydrogen-bond acceptors (Lipinski definition) is 4. The highest BCUT2D eigenvalue weighted by molar-refractivity contribution is 6.30. The molecule has 0 aliphatic carbocycles. The third-order valence-electron chi connectivity index (χ3n) is 3.06. The molecule has 104 valence electrons. The van der Waals surface area contributed by atoms with Gasteiger partial charge in [0.25, 0.3) is 0 Å². The fourth-order valence-electron chi connectivity index (χ4n) is 2.14. The SMILES string of the molecule is CCCC(=O)N1CCCC(Oc2ncc(Cl)cn2)C1. The Morgan fingerprint density at radius 2 is 2.26 bits per heavy atom. The second kappa shape index (κ2) is 6.70. The van der Waals surface area contributed by atoms with Crippen LogP contribution in [-0.2, 0) is 4.79 Å². The molecule has 1 saturated heterocycles. The average Bonchev–Trinajstić information content (AvgIpc) is 2.42. The summed E-state index contributed by atoms with van der Waals surface area (Å²) in [7, 11) is 0. The third-order valence-corrected chi connectivity index (χ3v) is 3.26. The molecular formula is C13H18ClN3O2. The van der Waals surface area contributed by atoms with Crippen LogP contribution in [0.5, 0.6) is 6.01 Å². The van der Waals surface area contributed by atoms with Gasteiger partial charge in [0.1, 0.15) is 6.10 Å². The van der Waals surface area contributed by atoms with Crippen LogP contribution in [0.1, 0.15) is 32.6 Å². The maximum absolute atomic E-state index is 11.9. The summed E-state index contributed by atoms with van der Waals surface area (Å²) in [6.07, 6.45) is 6.33. The van der Waals surface area contributed by atoms with Crippen LogP contribution >= 0.6 is 11.6 Å². The zero-order valence-electron chi connectivity index (χ0n) is 11.0. The Morgan fingerprint density at radius 1 is 1.53 bits per heavy atom. The van der Waals surface area contributed by atoms with Gasteiger partial charge < -0.3 is 9.64 Å². The van der Waals surface area contributed by atoms with Gasteiger partial charge in [-0.25, -0.2) is 9.97 Å². The van der Waals surface area contributed by atoms with Crippen LogP contribution in [-0.4, -0.2) is 40.0 Å². The number of halogens is 1. The van der Waals surface area contributed by atoms with E-state index in [1.807, 2.05) is 11.8 Å². The predicted octanol–water partition coefficient (Wildman–Crippen LogP) is 2.30. The smallest absolute Gasteiger partial charge is 0.316 e. The summed E-state index contributed by atoms with van der Waals surface area (Å²) in [6.45, 7) is 3.45. The Balaban J connectivity index is 1.90. The molecule has 2 rings (SSSR count). The lowest BCUT2D eigenvalue weighted by molar-refractivity contribution is -0.133. The molecule has 6 heteroatoms. The van der Waals surface area contributed by atoms with Gasteiger partial charge in [-0.3, -0.25) is 4.79 Å². The summed E-state index contributed by atoms with van der Waals surface area (Å²) < 4.78 is 5.69. The molecular weight excluding hydrogens is 266 g/mol. The molecule has 0 bridgehead atoms. The molecule has 1 atom stereocenters. The summed E-state index contributed by atoms with van der Waals surface area (Å²) in [5.74, 6) is 0.202. The number of rotatable bonds is 4. The Bertz CT molecular complexity index is 424. The number of ether oxygens (including phenoxy) is 1.